The first-order valence-electron chi connectivity index (χ1n) is 11.0. The summed E-state index contributed by atoms with van der Waals surface area (Å²) in [5, 5.41) is 14.3. The van der Waals surface area contributed by atoms with Gasteiger partial charge in [0.05, 0.1) is 17.1 Å². The van der Waals surface area contributed by atoms with Crippen LogP contribution in [0.15, 0.2) is 60.9 Å². The van der Waals surface area contributed by atoms with Crippen LogP contribution in [0, 0.1) is 18.3 Å². The summed E-state index contributed by atoms with van der Waals surface area (Å²) in [5.74, 6) is 1.18. The first-order valence-corrected chi connectivity index (χ1v) is 11.8. The number of alkyl halides is 2. The zero-order chi connectivity index (χ0) is 24.8. The van der Waals surface area contributed by atoms with E-state index in [4.69, 9.17) is 15.0 Å². The summed E-state index contributed by atoms with van der Waals surface area (Å²) < 4.78 is 34.7. The van der Waals surface area contributed by atoms with Gasteiger partial charge in [-0.05, 0) is 54.4 Å². The molecule has 0 amide bonds. The Hall–Kier alpha value is -4.49. The molecule has 0 N–H and O–H groups in total. The number of rotatable bonds is 5. The number of hydrogen-bond acceptors (Lipinski definition) is 7. The molecule has 36 heavy (non-hydrogen) atoms. The molecular formula is C26H16F2N6OS. The van der Waals surface area contributed by atoms with Crippen LogP contribution in [-0.4, -0.2) is 24.6 Å². The van der Waals surface area contributed by atoms with Crippen LogP contribution in [0.1, 0.15) is 28.8 Å². The Labute approximate surface area is 207 Å². The maximum atomic E-state index is 13.3. The van der Waals surface area contributed by atoms with Gasteiger partial charge in [-0.2, -0.15) is 5.26 Å². The molecule has 0 bridgehead atoms. The lowest BCUT2D eigenvalue weighted by atomic mass is 10.1. The van der Waals surface area contributed by atoms with Crippen molar-refractivity contribution >= 4 is 37.4 Å². The molecule has 176 valence electrons. The van der Waals surface area contributed by atoms with E-state index >= 15 is 0 Å². The van der Waals surface area contributed by atoms with Crippen molar-refractivity contribution in [2.24, 2.45) is 0 Å². The van der Waals surface area contributed by atoms with Gasteiger partial charge in [-0.1, -0.05) is 18.2 Å². The number of aryl methyl sites for hydroxylation is 1. The van der Waals surface area contributed by atoms with Gasteiger partial charge in [-0.25, -0.2) is 28.2 Å². The van der Waals surface area contributed by atoms with Gasteiger partial charge in [0, 0.05) is 10.9 Å². The van der Waals surface area contributed by atoms with Crippen molar-refractivity contribution in [2.75, 3.05) is 0 Å². The first-order chi connectivity index (χ1) is 17.5. The van der Waals surface area contributed by atoms with Gasteiger partial charge in [0.15, 0.2) is 11.5 Å². The number of halogens is 2. The number of pyridine rings is 1. The van der Waals surface area contributed by atoms with Crippen LogP contribution < -0.4 is 4.74 Å². The second-order valence-corrected chi connectivity index (χ2v) is 9.20. The molecule has 0 aliphatic carbocycles. The lowest BCUT2D eigenvalue weighted by Gasteiger charge is -2.07. The lowest BCUT2D eigenvalue weighted by Crippen LogP contribution is -1.96. The number of thiophene rings is 1. The fraction of sp³-hybridized carbons (Fsp3) is 0.115. The number of aromatic nitrogens is 5. The third-order valence-corrected chi connectivity index (χ3v) is 6.85. The molecule has 0 saturated carbocycles. The zero-order valence-electron chi connectivity index (χ0n) is 18.8. The lowest BCUT2D eigenvalue weighted by molar-refractivity contribution is 0.146. The Kier molecular flexibility index (Phi) is 5.27. The van der Waals surface area contributed by atoms with Gasteiger partial charge < -0.3 is 4.74 Å². The Morgan fingerprint density at radius 1 is 1.11 bits per heavy atom. The molecule has 0 fully saturated rings. The number of fused-ring (bicyclic) bond motifs is 5. The molecule has 6 rings (SSSR count). The highest BCUT2D eigenvalue weighted by Crippen LogP contribution is 2.37. The van der Waals surface area contributed by atoms with Gasteiger partial charge in [-0.15, -0.1) is 16.4 Å². The summed E-state index contributed by atoms with van der Waals surface area (Å²) in [6.07, 6.45) is -1.06. The van der Waals surface area contributed by atoms with E-state index in [1.54, 1.807) is 42.0 Å². The topological polar surface area (TPSA) is 89.0 Å². The third-order valence-electron chi connectivity index (χ3n) is 5.78. The summed E-state index contributed by atoms with van der Waals surface area (Å²) >= 11 is 1.29. The van der Waals surface area contributed by atoms with Crippen LogP contribution in [-0.2, 0) is 6.61 Å². The number of nitrogens with zero attached hydrogens (tertiary/aromatic N) is 6. The fourth-order valence-corrected chi connectivity index (χ4v) is 5.25. The Bertz CT molecular complexity index is 1800. The second kappa shape index (κ2) is 8.62. The van der Waals surface area contributed by atoms with E-state index in [1.165, 1.54) is 17.4 Å². The highest BCUT2D eigenvalue weighted by Gasteiger charge is 2.19. The number of benzene rings is 2. The van der Waals surface area contributed by atoms with E-state index in [-0.39, 0.29) is 5.69 Å². The van der Waals surface area contributed by atoms with E-state index in [2.05, 4.69) is 21.1 Å². The Balaban J connectivity index is 1.35. The zero-order valence-corrected chi connectivity index (χ0v) is 19.6. The van der Waals surface area contributed by atoms with Crippen LogP contribution in [0.5, 0.6) is 5.75 Å². The van der Waals surface area contributed by atoms with Gasteiger partial charge in [0.1, 0.15) is 33.9 Å². The smallest absolute Gasteiger partial charge is 0.280 e. The van der Waals surface area contributed by atoms with Crippen molar-refractivity contribution in [3.05, 3.63) is 83.3 Å². The molecule has 0 atom stereocenters. The summed E-state index contributed by atoms with van der Waals surface area (Å²) in [6.45, 7) is 2.13. The molecule has 0 saturated heterocycles. The van der Waals surface area contributed by atoms with Crippen molar-refractivity contribution in [2.45, 2.75) is 20.0 Å². The van der Waals surface area contributed by atoms with Crippen molar-refractivity contribution in [1.82, 2.24) is 24.6 Å². The molecule has 4 aromatic heterocycles. The maximum absolute atomic E-state index is 13.3. The molecule has 4 heterocycles. The fourth-order valence-electron chi connectivity index (χ4n) is 4.06. The van der Waals surface area contributed by atoms with Crippen molar-refractivity contribution < 1.29 is 13.5 Å². The number of nitriles is 1. The quantitative estimate of drug-likeness (QED) is 0.279. The van der Waals surface area contributed by atoms with E-state index in [9.17, 15) is 8.78 Å². The monoisotopic (exact) mass is 498 g/mol. The van der Waals surface area contributed by atoms with Crippen LogP contribution in [0.3, 0.4) is 0 Å². The predicted molar refractivity (Wildman–Crippen MR) is 132 cm³/mol. The van der Waals surface area contributed by atoms with E-state index in [1.807, 2.05) is 24.3 Å². The van der Waals surface area contributed by atoms with E-state index in [0.717, 1.165) is 21.2 Å². The molecule has 0 aliphatic rings. The molecule has 6 aromatic rings. The Morgan fingerprint density at radius 2 is 1.94 bits per heavy atom. The summed E-state index contributed by atoms with van der Waals surface area (Å²) in [7, 11) is 0. The third kappa shape index (κ3) is 3.79. The minimum atomic E-state index is -2.64. The largest absolute Gasteiger partial charge is 0.489 e. The average molecular weight is 499 g/mol. The molecule has 10 heteroatoms. The average Bonchev–Trinajstić information content (AvgIpc) is 3.50. The summed E-state index contributed by atoms with van der Waals surface area (Å²) in [6, 6.07) is 18.2. The van der Waals surface area contributed by atoms with Crippen LogP contribution >= 0.6 is 11.3 Å². The highest BCUT2D eigenvalue weighted by atomic mass is 32.1. The Morgan fingerprint density at radius 3 is 2.72 bits per heavy atom. The molecule has 0 aliphatic heterocycles. The molecule has 2 aromatic carbocycles. The minimum Gasteiger partial charge on any atom is -0.489 e. The SMILES string of the molecule is Cc1cc(C(F)F)nc2sc3c(ncn4nc(-c5cccc(COc6ccc(C#N)cc6)c5)nc34)c12. The maximum Gasteiger partial charge on any atom is 0.280 e. The van der Waals surface area contributed by atoms with Gasteiger partial charge in [0.2, 0.25) is 0 Å². The van der Waals surface area contributed by atoms with Crippen LogP contribution in [0.2, 0.25) is 0 Å². The first kappa shape index (κ1) is 22.0. The second-order valence-electron chi connectivity index (χ2n) is 8.20. The van der Waals surface area contributed by atoms with Crippen molar-refractivity contribution in [3.8, 4) is 23.2 Å². The summed E-state index contributed by atoms with van der Waals surface area (Å²) in [5.41, 5.74) is 4.04. The number of ether oxygens (including phenoxy) is 1. The predicted octanol–water partition coefficient (Wildman–Crippen LogP) is 6.25. The minimum absolute atomic E-state index is 0.246. The molecule has 0 spiro atoms. The van der Waals surface area contributed by atoms with Crippen molar-refractivity contribution in [1.29, 1.82) is 5.26 Å². The van der Waals surface area contributed by atoms with Crippen LogP contribution in [0.4, 0.5) is 8.78 Å². The standard InChI is InChI=1S/C26H16F2N6OS/c1-14-9-19(23(27)28)31-26-20(14)21-22(36-26)25-32-24(33-34(25)13-30-21)17-4-2-3-16(10-17)12-35-18-7-5-15(11-29)6-8-18/h2-10,13,23H,12H2,1H3. The van der Waals surface area contributed by atoms with Gasteiger partial charge in [0.25, 0.3) is 6.43 Å². The van der Waals surface area contributed by atoms with E-state index < -0.39 is 6.43 Å². The molecule has 0 unspecified atom stereocenters. The summed E-state index contributed by atoms with van der Waals surface area (Å²) in [4.78, 5) is 13.9. The van der Waals surface area contributed by atoms with Crippen LogP contribution in [0.25, 0.3) is 37.5 Å². The highest BCUT2D eigenvalue weighted by molar-refractivity contribution is 7.26. The van der Waals surface area contributed by atoms with Gasteiger partial charge >= 0.3 is 0 Å². The van der Waals surface area contributed by atoms with Crippen molar-refractivity contribution in [3.63, 3.8) is 0 Å². The normalized spacial score (nSPS) is 11.5. The van der Waals surface area contributed by atoms with Gasteiger partial charge in [-0.3, -0.25) is 0 Å². The number of hydrogen-bond donors (Lipinski definition) is 0. The molecule has 7 nitrogen and oxygen atoms in total. The molecular weight excluding hydrogens is 482 g/mol. The molecule has 0 radical (unpaired) electrons. The van der Waals surface area contributed by atoms with E-state index in [0.29, 0.717) is 45.3 Å².